The summed E-state index contributed by atoms with van der Waals surface area (Å²) < 4.78 is 4.19. The number of ether oxygens (including phenoxy) is 1. The molecule has 0 fully saturated rings. The first kappa shape index (κ1) is 7.78. The molecule has 0 saturated carbocycles. The second kappa shape index (κ2) is 3.74. The summed E-state index contributed by atoms with van der Waals surface area (Å²) >= 11 is 1.04. The van der Waals surface area contributed by atoms with Gasteiger partial charge in [-0.25, -0.2) is 4.79 Å². The maximum absolute atomic E-state index is 10.2. The van der Waals surface area contributed by atoms with E-state index < -0.39 is 11.4 Å². The molecule has 1 unspecified atom stereocenters. The number of rotatable bonds is 2. The summed E-state index contributed by atoms with van der Waals surface area (Å²) in [5, 5.41) is 8.61. The summed E-state index contributed by atoms with van der Waals surface area (Å²) in [5.41, 5.74) is -1.03. The fourth-order valence-electron chi connectivity index (χ4n) is 0.197. The van der Waals surface area contributed by atoms with Crippen LogP contribution in [-0.2, 0) is 9.53 Å². The van der Waals surface area contributed by atoms with Gasteiger partial charge >= 0.3 is 5.97 Å². The van der Waals surface area contributed by atoms with Crippen LogP contribution in [-0.4, -0.2) is 29.9 Å². The summed E-state index contributed by atoms with van der Waals surface area (Å²) in [6.07, 6.45) is 1.63. The second-order valence-electron chi connectivity index (χ2n) is 1.11. The van der Waals surface area contributed by atoms with Crippen molar-refractivity contribution >= 4 is 17.7 Å². The minimum absolute atomic E-state index is 0.600. The summed E-state index contributed by atoms with van der Waals surface area (Å²) in [4.78, 5) is 10.2. The van der Waals surface area contributed by atoms with E-state index in [0.29, 0.717) is 0 Å². The zero-order valence-corrected chi connectivity index (χ0v) is 5.57. The van der Waals surface area contributed by atoms with Crippen LogP contribution in [0, 0.1) is 0 Å². The first-order valence-corrected chi connectivity index (χ1v) is 3.30. The van der Waals surface area contributed by atoms with Crippen molar-refractivity contribution in [3.8, 4) is 0 Å². The fourth-order valence-corrected chi connectivity index (χ4v) is 0.486. The Morgan fingerprint density at radius 3 is 2.50 bits per heavy atom. The van der Waals surface area contributed by atoms with Crippen LogP contribution in [0.25, 0.3) is 0 Å². The van der Waals surface area contributed by atoms with Gasteiger partial charge in [-0.15, -0.1) is 11.8 Å². The smallest absolute Gasteiger partial charge is 0.345 e. The molecule has 0 rings (SSSR count). The Balaban J connectivity index is 3.46. The van der Waals surface area contributed by atoms with E-state index in [-0.39, 0.29) is 0 Å². The van der Waals surface area contributed by atoms with E-state index >= 15 is 0 Å². The first-order chi connectivity index (χ1) is 3.72. The lowest BCUT2D eigenvalue weighted by Gasteiger charge is -2.01. The van der Waals surface area contributed by atoms with E-state index in [2.05, 4.69) is 4.74 Å². The largest absolute Gasteiger partial charge is 0.466 e. The van der Waals surface area contributed by atoms with Gasteiger partial charge in [0.1, 0.15) is 0 Å². The van der Waals surface area contributed by atoms with E-state index in [9.17, 15) is 4.79 Å². The van der Waals surface area contributed by atoms with Crippen LogP contribution < -0.4 is 0 Å². The van der Waals surface area contributed by atoms with Crippen LogP contribution in [0.3, 0.4) is 0 Å². The average Bonchev–Trinajstić information content (AvgIpc) is 1.84. The number of esters is 1. The van der Waals surface area contributed by atoms with Gasteiger partial charge in [0.15, 0.2) is 5.44 Å². The second-order valence-corrected chi connectivity index (χ2v) is 2.03. The zero-order valence-electron chi connectivity index (χ0n) is 4.75. The summed E-state index contributed by atoms with van der Waals surface area (Å²) in [5.74, 6) is -0.600. The molecule has 0 aromatic rings. The number of thioether (sulfide) groups is 1. The van der Waals surface area contributed by atoms with E-state index in [0.717, 1.165) is 11.8 Å². The molecule has 0 saturated heterocycles. The van der Waals surface area contributed by atoms with E-state index in [1.165, 1.54) is 7.11 Å². The Labute approximate surface area is 52.0 Å². The van der Waals surface area contributed by atoms with Crippen molar-refractivity contribution < 1.29 is 14.6 Å². The number of carbonyl (C=O) groups excluding carboxylic acids is 1. The van der Waals surface area contributed by atoms with Crippen molar-refractivity contribution in [2.24, 2.45) is 0 Å². The molecule has 0 aromatic carbocycles. The zero-order chi connectivity index (χ0) is 6.57. The number of hydrogen-bond acceptors (Lipinski definition) is 4. The van der Waals surface area contributed by atoms with Gasteiger partial charge in [0.25, 0.3) is 0 Å². The van der Waals surface area contributed by atoms with E-state index in [1.807, 2.05) is 0 Å². The van der Waals surface area contributed by atoms with Gasteiger partial charge < -0.3 is 9.84 Å². The minimum Gasteiger partial charge on any atom is -0.466 e. The highest BCUT2D eigenvalue weighted by molar-refractivity contribution is 7.99. The molecule has 8 heavy (non-hydrogen) atoms. The molecule has 4 heteroatoms. The van der Waals surface area contributed by atoms with Crippen LogP contribution >= 0.6 is 11.8 Å². The third kappa shape index (κ3) is 2.18. The number of hydrogen-bond donors (Lipinski definition) is 1. The van der Waals surface area contributed by atoms with Crippen LogP contribution in [0.15, 0.2) is 0 Å². The van der Waals surface area contributed by atoms with Gasteiger partial charge in [-0.05, 0) is 6.26 Å². The van der Waals surface area contributed by atoms with Crippen molar-refractivity contribution in [1.82, 2.24) is 0 Å². The highest BCUT2D eigenvalue weighted by Gasteiger charge is 2.11. The Hall–Kier alpha value is -0.220. The molecule has 48 valence electrons. The van der Waals surface area contributed by atoms with Gasteiger partial charge in [-0.2, -0.15) is 0 Å². The predicted molar refractivity (Wildman–Crippen MR) is 31.5 cm³/mol. The maximum Gasteiger partial charge on any atom is 0.345 e. The van der Waals surface area contributed by atoms with Crippen molar-refractivity contribution in [1.29, 1.82) is 0 Å². The third-order valence-corrected chi connectivity index (χ3v) is 1.27. The van der Waals surface area contributed by atoms with Gasteiger partial charge in [-0.3, -0.25) is 0 Å². The quantitative estimate of drug-likeness (QED) is 0.423. The third-order valence-electron chi connectivity index (χ3n) is 0.626. The molecule has 1 atom stereocenters. The molecular weight excluding hydrogens is 128 g/mol. The molecule has 3 nitrogen and oxygen atoms in total. The lowest BCUT2D eigenvalue weighted by molar-refractivity contribution is -0.145. The topological polar surface area (TPSA) is 46.5 Å². The van der Waals surface area contributed by atoms with Gasteiger partial charge in [-0.1, -0.05) is 0 Å². The lowest BCUT2D eigenvalue weighted by atomic mass is 10.7. The number of aliphatic hydroxyl groups excluding tert-OH is 1. The molecule has 0 aliphatic rings. The maximum atomic E-state index is 10.2. The van der Waals surface area contributed by atoms with Crippen molar-refractivity contribution in [2.45, 2.75) is 5.44 Å². The Morgan fingerprint density at radius 1 is 1.88 bits per heavy atom. The Kier molecular flexibility index (Phi) is 3.64. The van der Waals surface area contributed by atoms with Gasteiger partial charge in [0, 0.05) is 0 Å². The Morgan fingerprint density at radius 2 is 2.38 bits per heavy atom. The fraction of sp³-hybridized carbons (Fsp3) is 0.750. The number of carbonyl (C=O) groups is 1. The van der Waals surface area contributed by atoms with E-state index in [4.69, 9.17) is 5.11 Å². The van der Waals surface area contributed by atoms with Gasteiger partial charge in [0.05, 0.1) is 7.11 Å². The molecule has 1 N–H and O–H groups in total. The first-order valence-electron chi connectivity index (χ1n) is 2.01. The number of aliphatic hydroxyl groups is 1. The lowest BCUT2D eigenvalue weighted by Crippen LogP contribution is -2.16. The normalized spacial score (nSPS) is 12.9. The van der Waals surface area contributed by atoms with Crippen molar-refractivity contribution in [3.63, 3.8) is 0 Å². The summed E-state index contributed by atoms with van der Waals surface area (Å²) in [6, 6.07) is 0. The molecular formula is C4H8O3S. The highest BCUT2D eigenvalue weighted by Crippen LogP contribution is 2.02. The van der Waals surface area contributed by atoms with Crippen LogP contribution in [0.2, 0.25) is 0 Å². The monoisotopic (exact) mass is 136 g/mol. The van der Waals surface area contributed by atoms with Crippen LogP contribution in [0.4, 0.5) is 0 Å². The van der Waals surface area contributed by atoms with Gasteiger partial charge in [0.2, 0.25) is 0 Å². The highest BCUT2D eigenvalue weighted by atomic mass is 32.2. The molecule has 0 aliphatic carbocycles. The van der Waals surface area contributed by atoms with Crippen molar-refractivity contribution in [2.75, 3.05) is 13.4 Å². The molecule has 0 aliphatic heterocycles. The molecule has 0 spiro atoms. The molecule has 0 aromatic heterocycles. The SMILES string of the molecule is COC(=O)C(O)SC. The number of methoxy groups -OCH3 is 1. The van der Waals surface area contributed by atoms with Crippen LogP contribution in [0.1, 0.15) is 0 Å². The predicted octanol–water partition coefficient (Wildman–Crippen LogP) is -0.159. The molecule has 0 bridgehead atoms. The van der Waals surface area contributed by atoms with E-state index in [1.54, 1.807) is 6.26 Å². The summed E-state index contributed by atoms with van der Waals surface area (Å²) in [7, 11) is 1.24. The molecule has 0 amide bonds. The summed E-state index contributed by atoms with van der Waals surface area (Å²) in [6.45, 7) is 0. The van der Waals surface area contributed by atoms with Crippen LogP contribution in [0.5, 0.6) is 0 Å². The average molecular weight is 136 g/mol. The molecule has 0 radical (unpaired) electrons. The van der Waals surface area contributed by atoms with Crippen molar-refractivity contribution in [3.05, 3.63) is 0 Å². The minimum atomic E-state index is -1.03. The Bertz CT molecular complexity index is 83.4. The molecule has 0 heterocycles. The standard InChI is InChI=1S/C4H8O3S/c1-7-3(5)4(6)8-2/h4,6H,1-2H3.